The van der Waals surface area contributed by atoms with Crippen LogP contribution in [0.25, 0.3) is 0 Å². The quantitative estimate of drug-likeness (QED) is 0.457. The molecule has 2 heterocycles. The van der Waals surface area contributed by atoms with Gasteiger partial charge in [0.2, 0.25) is 6.23 Å². The number of ether oxygens (including phenoxy) is 2. The topological polar surface area (TPSA) is 34.1 Å². The molecule has 0 radical (unpaired) electrons. The van der Waals surface area contributed by atoms with Crippen molar-refractivity contribution in [3.63, 3.8) is 0 Å². The van der Waals surface area contributed by atoms with Crippen molar-refractivity contribution in [2.45, 2.75) is 25.6 Å². The van der Waals surface area contributed by atoms with Crippen LogP contribution < -0.4 is 9.47 Å². The van der Waals surface area contributed by atoms with Crippen molar-refractivity contribution in [1.82, 2.24) is 5.01 Å². The molecule has 3 aromatic carbocycles. The highest BCUT2D eigenvalue weighted by Gasteiger charge is 2.42. The van der Waals surface area contributed by atoms with E-state index in [0.717, 1.165) is 40.3 Å². The molecule has 0 bridgehead atoms. The zero-order valence-corrected chi connectivity index (χ0v) is 17.9. The van der Waals surface area contributed by atoms with Gasteiger partial charge in [0.05, 0.1) is 23.9 Å². The summed E-state index contributed by atoms with van der Waals surface area (Å²) in [4.78, 5) is 0. The van der Waals surface area contributed by atoms with Crippen LogP contribution in [-0.2, 0) is 0 Å². The Balaban J connectivity index is 1.61. The van der Waals surface area contributed by atoms with Gasteiger partial charge >= 0.3 is 0 Å². The van der Waals surface area contributed by atoms with Crippen LogP contribution in [0.4, 0.5) is 0 Å². The fraction of sp³-hybridized carbons (Fsp3) is 0.208. The summed E-state index contributed by atoms with van der Waals surface area (Å²) < 4.78 is 12.3. The third-order valence-electron chi connectivity index (χ3n) is 5.41. The number of hydrogen-bond donors (Lipinski definition) is 0. The molecule has 0 aromatic heterocycles. The van der Waals surface area contributed by atoms with E-state index in [4.69, 9.17) is 37.8 Å². The minimum atomic E-state index is -0.392. The number of benzene rings is 3. The second-order valence-corrected chi connectivity index (χ2v) is 8.15. The molecule has 0 fully saturated rings. The smallest absolute Gasteiger partial charge is 0.217 e. The van der Waals surface area contributed by atoms with E-state index >= 15 is 0 Å². The first-order valence-corrected chi connectivity index (χ1v) is 10.7. The maximum Gasteiger partial charge on any atom is 0.217 e. The van der Waals surface area contributed by atoms with E-state index in [-0.39, 0.29) is 6.04 Å². The Morgan fingerprint density at radius 3 is 2.57 bits per heavy atom. The SMILES string of the molecule is CCOc1ccccc1C1Oc2ccc(Cl)cc2C2CC(c3ccc(Cl)cc3)=NN21. The maximum atomic E-state index is 6.44. The van der Waals surface area contributed by atoms with Gasteiger partial charge in [-0.1, -0.05) is 47.5 Å². The van der Waals surface area contributed by atoms with Crippen LogP contribution in [0, 0.1) is 0 Å². The number of hydrazone groups is 1. The van der Waals surface area contributed by atoms with Crippen molar-refractivity contribution >= 4 is 28.9 Å². The van der Waals surface area contributed by atoms with E-state index in [1.54, 1.807) is 0 Å². The van der Waals surface area contributed by atoms with Crippen molar-refractivity contribution in [1.29, 1.82) is 0 Å². The Labute approximate surface area is 185 Å². The molecular formula is C24H20Cl2N2O2. The van der Waals surface area contributed by atoms with Gasteiger partial charge in [0.1, 0.15) is 11.5 Å². The van der Waals surface area contributed by atoms with Gasteiger partial charge in [0, 0.05) is 22.0 Å². The van der Waals surface area contributed by atoms with Crippen LogP contribution in [0.5, 0.6) is 11.5 Å². The molecule has 0 amide bonds. The zero-order valence-electron chi connectivity index (χ0n) is 16.4. The van der Waals surface area contributed by atoms with Gasteiger partial charge < -0.3 is 9.47 Å². The van der Waals surface area contributed by atoms with E-state index in [1.165, 1.54) is 0 Å². The normalized spacial score (nSPS) is 19.6. The molecule has 6 heteroatoms. The lowest BCUT2D eigenvalue weighted by molar-refractivity contribution is -0.0205. The van der Waals surface area contributed by atoms with Gasteiger partial charge in [0.15, 0.2) is 0 Å². The van der Waals surface area contributed by atoms with E-state index in [0.29, 0.717) is 16.7 Å². The molecule has 30 heavy (non-hydrogen) atoms. The second kappa shape index (κ2) is 7.86. The number of nitrogens with zero attached hydrogens (tertiary/aromatic N) is 2. The summed E-state index contributed by atoms with van der Waals surface area (Å²) in [5, 5.41) is 8.40. The first kappa shape index (κ1) is 19.3. The molecule has 0 aliphatic carbocycles. The van der Waals surface area contributed by atoms with Crippen molar-refractivity contribution in [3.8, 4) is 11.5 Å². The van der Waals surface area contributed by atoms with E-state index < -0.39 is 6.23 Å². The number of halogens is 2. The Bertz CT molecular complexity index is 1110. The highest BCUT2D eigenvalue weighted by atomic mass is 35.5. The number of hydrogen-bond acceptors (Lipinski definition) is 4. The van der Waals surface area contributed by atoms with Crippen molar-refractivity contribution < 1.29 is 9.47 Å². The molecule has 3 aromatic rings. The van der Waals surface area contributed by atoms with Gasteiger partial charge in [-0.15, -0.1) is 0 Å². The van der Waals surface area contributed by atoms with Crippen LogP contribution >= 0.6 is 23.2 Å². The predicted octanol–water partition coefficient (Wildman–Crippen LogP) is 6.63. The molecule has 4 nitrogen and oxygen atoms in total. The molecule has 2 aliphatic heterocycles. The summed E-state index contributed by atoms with van der Waals surface area (Å²) >= 11 is 12.4. The van der Waals surface area contributed by atoms with Crippen LogP contribution in [0.3, 0.4) is 0 Å². The van der Waals surface area contributed by atoms with Crippen LogP contribution in [0.2, 0.25) is 10.0 Å². The summed E-state index contributed by atoms with van der Waals surface area (Å²) in [7, 11) is 0. The minimum absolute atomic E-state index is 0.0258. The zero-order chi connectivity index (χ0) is 20.7. The summed E-state index contributed by atoms with van der Waals surface area (Å²) in [5.41, 5.74) is 4.03. The number of fused-ring (bicyclic) bond motifs is 3. The summed E-state index contributed by atoms with van der Waals surface area (Å²) in [5.74, 6) is 1.63. The monoisotopic (exact) mass is 438 g/mol. The van der Waals surface area contributed by atoms with Crippen LogP contribution in [-0.4, -0.2) is 17.3 Å². The molecule has 0 spiro atoms. The maximum absolute atomic E-state index is 6.44. The molecule has 152 valence electrons. The lowest BCUT2D eigenvalue weighted by Crippen LogP contribution is -2.34. The highest BCUT2D eigenvalue weighted by Crippen LogP contribution is 2.49. The summed E-state index contributed by atoms with van der Waals surface area (Å²) in [6.07, 6.45) is 0.363. The highest BCUT2D eigenvalue weighted by molar-refractivity contribution is 6.31. The third kappa shape index (κ3) is 3.40. The third-order valence-corrected chi connectivity index (χ3v) is 5.90. The average molecular weight is 439 g/mol. The van der Waals surface area contributed by atoms with Crippen molar-refractivity contribution in [2.24, 2.45) is 5.10 Å². The van der Waals surface area contributed by atoms with Crippen molar-refractivity contribution in [3.05, 3.63) is 93.5 Å². The Kier molecular flexibility index (Phi) is 5.05. The van der Waals surface area contributed by atoms with Gasteiger partial charge in [-0.25, -0.2) is 5.01 Å². The molecule has 0 N–H and O–H groups in total. The minimum Gasteiger partial charge on any atom is -0.493 e. The van der Waals surface area contributed by atoms with Crippen molar-refractivity contribution in [2.75, 3.05) is 6.61 Å². The first-order valence-electron chi connectivity index (χ1n) is 9.93. The molecule has 0 saturated heterocycles. The lowest BCUT2D eigenvalue weighted by atomic mass is 9.96. The molecular weight excluding hydrogens is 419 g/mol. The summed E-state index contributed by atoms with van der Waals surface area (Å²) in [6, 6.07) is 21.5. The van der Waals surface area contributed by atoms with E-state index in [1.807, 2.05) is 78.7 Å². The average Bonchev–Trinajstić information content (AvgIpc) is 3.20. The molecule has 0 saturated carbocycles. The van der Waals surface area contributed by atoms with Gasteiger partial charge in [-0.05, 0) is 55.0 Å². The first-order chi connectivity index (χ1) is 14.6. The Hall–Kier alpha value is -2.69. The summed E-state index contributed by atoms with van der Waals surface area (Å²) in [6.45, 7) is 2.56. The lowest BCUT2D eigenvalue weighted by Gasteiger charge is -2.38. The standard InChI is InChI=1S/C24H20Cl2N2O2/c1-2-29-22-6-4-3-5-18(22)24-28-21(19-13-17(26)11-12-23(19)30-24)14-20(27-28)15-7-9-16(25)10-8-15/h3-13,21,24H,2,14H2,1H3. The largest absolute Gasteiger partial charge is 0.493 e. The Morgan fingerprint density at radius 2 is 1.77 bits per heavy atom. The van der Waals surface area contributed by atoms with Gasteiger partial charge in [-0.3, -0.25) is 0 Å². The second-order valence-electron chi connectivity index (χ2n) is 7.28. The van der Waals surface area contributed by atoms with E-state index in [9.17, 15) is 0 Å². The molecule has 2 atom stereocenters. The number of para-hydroxylation sites is 1. The molecule has 2 aliphatic rings. The Morgan fingerprint density at radius 1 is 1.00 bits per heavy atom. The molecule has 2 unspecified atom stereocenters. The van der Waals surface area contributed by atoms with Crippen LogP contribution in [0.1, 0.15) is 42.3 Å². The van der Waals surface area contributed by atoms with Gasteiger partial charge in [-0.2, -0.15) is 5.10 Å². The fourth-order valence-electron chi connectivity index (χ4n) is 4.05. The van der Waals surface area contributed by atoms with E-state index in [2.05, 4.69) is 0 Å². The number of rotatable bonds is 4. The van der Waals surface area contributed by atoms with Crippen LogP contribution in [0.15, 0.2) is 71.8 Å². The fourth-order valence-corrected chi connectivity index (χ4v) is 4.36. The molecule has 5 rings (SSSR count). The predicted molar refractivity (Wildman–Crippen MR) is 120 cm³/mol. The van der Waals surface area contributed by atoms with Gasteiger partial charge in [0.25, 0.3) is 0 Å².